The largest absolute Gasteiger partial charge is 0.469 e. The molecule has 0 bridgehead atoms. The molecule has 11 heteroatoms. The Labute approximate surface area is 194 Å². The molecule has 0 spiro atoms. The second-order valence-electron chi connectivity index (χ2n) is 6.26. The van der Waals surface area contributed by atoms with E-state index in [0.29, 0.717) is 22.4 Å². The van der Waals surface area contributed by atoms with Crippen LogP contribution in [0.3, 0.4) is 0 Å². The molecular weight excluding hydrogens is 463 g/mol. The van der Waals surface area contributed by atoms with Gasteiger partial charge in [0.05, 0.1) is 24.8 Å². The summed E-state index contributed by atoms with van der Waals surface area (Å²) in [6, 6.07) is 7.45. The summed E-state index contributed by atoms with van der Waals surface area (Å²) in [7, 11) is 1.29. The first-order chi connectivity index (χ1) is 14.9. The summed E-state index contributed by atoms with van der Waals surface area (Å²) in [6.07, 6.45) is 2.12. The Morgan fingerprint density at radius 1 is 1.06 bits per heavy atom. The molecule has 0 fully saturated rings. The Balaban J connectivity index is 1.78. The number of nitrogens with one attached hydrogen (secondary N) is 2. The first-order valence-corrected chi connectivity index (χ1v) is 11.1. The number of hydrogen-bond donors (Lipinski definition) is 2. The number of benzene rings is 1. The minimum absolute atomic E-state index is 0.0702. The highest BCUT2D eigenvalue weighted by atomic mass is 35.5. The fourth-order valence-corrected chi connectivity index (χ4v) is 3.64. The standard InChI is InChI=1S/C20H22Cl2N4O4S/c1-30-17(28)8-10-23-16(27)7-4-9-24-19(29)18-15(22)11-25-20(26-18)31-12-13-5-2-3-6-14(13)21/h2-3,5-6,11H,4,7-10,12H2,1H3,(H,23,27)(H,24,29). The van der Waals surface area contributed by atoms with Crippen molar-refractivity contribution < 1.29 is 19.1 Å². The zero-order valence-electron chi connectivity index (χ0n) is 16.8. The highest BCUT2D eigenvalue weighted by Gasteiger charge is 2.15. The quantitative estimate of drug-likeness (QED) is 0.218. The summed E-state index contributed by atoms with van der Waals surface area (Å²) < 4.78 is 4.49. The molecule has 0 saturated heterocycles. The molecule has 2 N–H and O–H groups in total. The van der Waals surface area contributed by atoms with Crippen LogP contribution in [0.2, 0.25) is 10.0 Å². The number of nitrogens with zero attached hydrogens (tertiary/aromatic N) is 2. The smallest absolute Gasteiger partial charge is 0.307 e. The number of carbonyl (C=O) groups excluding carboxylic acids is 3. The Morgan fingerprint density at radius 3 is 2.58 bits per heavy atom. The van der Waals surface area contributed by atoms with Gasteiger partial charge in [-0.15, -0.1) is 0 Å². The molecule has 166 valence electrons. The number of methoxy groups -OCH3 is 1. The molecule has 2 aromatic rings. The maximum Gasteiger partial charge on any atom is 0.307 e. The van der Waals surface area contributed by atoms with Crippen LogP contribution in [0.5, 0.6) is 0 Å². The molecule has 0 saturated carbocycles. The van der Waals surface area contributed by atoms with Gasteiger partial charge in [0.15, 0.2) is 10.9 Å². The van der Waals surface area contributed by atoms with E-state index in [1.807, 2.05) is 18.2 Å². The van der Waals surface area contributed by atoms with Crippen molar-refractivity contribution in [1.82, 2.24) is 20.6 Å². The van der Waals surface area contributed by atoms with E-state index in [-0.39, 0.29) is 42.6 Å². The third-order valence-corrected chi connectivity index (χ3v) is 5.55. The number of amides is 2. The lowest BCUT2D eigenvalue weighted by molar-refractivity contribution is -0.140. The Bertz CT molecular complexity index is 930. The van der Waals surface area contributed by atoms with Crippen LogP contribution in [-0.4, -0.2) is 48.0 Å². The monoisotopic (exact) mass is 484 g/mol. The second-order valence-corrected chi connectivity index (χ2v) is 8.02. The Morgan fingerprint density at radius 2 is 1.84 bits per heavy atom. The van der Waals surface area contributed by atoms with Gasteiger partial charge in [0.25, 0.3) is 5.91 Å². The average Bonchev–Trinajstić information content (AvgIpc) is 2.76. The number of thioether (sulfide) groups is 1. The minimum atomic E-state index is -0.446. The molecule has 31 heavy (non-hydrogen) atoms. The van der Waals surface area contributed by atoms with E-state index in [0.717, 1.165) is 5.56 Å². The predicted molar refractivity (Wildman–Crippen MR) is 119 cm³/mol. The topological polar surface area (TPSA) is 110 Å². The summed E-state index contributed by atoms with van der Waals surface area (Å²) in [4.78, 5) is 43.5. The van der Waals surface area contributed by atoms with Crippen molar-refractivity contribution in [2.24, 2.45) is 0 Å². The molecule has 0 aliphatic carbocycles. The van der Waals surface area contributed by atoms with Crippen molar-refractivity contribution >= 4 is 52.7 Å². The van der Waals surface area contributed by atoms with Crippen LogP contribution in [0.1, 0.15) is 35.3 Å². The molecule has 1 aromatic heterocycles. The van der Waals surface area contributed by atoms with Crippen LogP contribution in [-0.2, 0) is 20.1 Å². The van der Waals surface area contributed by atoms with Gasteiger partial charge in [-0.3, -0.25) is 14.4 Å². The van der Waals surface area contributed by atoms with Crippen LogP contribution >= 0.6 is 35.0 Å². The van der Waals surface area contributed by atoms with Crippen LogP contribution < -0.4 is 10.6 Å². The summed E-state index contributed by atoms with van der Waals surface area (Å²) in [5.41, 5.74) is 1.00. The van der Waals surface area contributed by atoms with E-state index in [2.05, 4.69) is 25.3 Å². The van der Waals surface area contributed by atoms with Crippen molar-refractivity contribution in [3.63, 3.8) is 0 Å². The molecule has 8 nitrogen and oxygen atoms in total. The Hall–Kier alpha value is -2.36. The number of halogens is 2. The number of ether oxygens (including phenoxy) is 1. The van der Waals surface area contributed by atoms with Crippen molar-refractivity contribution in [2.75, 3.05) is 20.2 Å². The molecule has 0 aliphatic heterocycles. The van der Waals surface area contributed by atoms with Crippen molar-refractivity contribution in [3.8, 4) is 0 Å². The normalized spacial score (nSPS) is 10.4. The van der Waals surface area contributed by atoms with Gasteiger partial charge in [-0.05, 0) is 18.1 Å². The van der Waals surface area contributed by atoms with Gasteiger partial charge in [0.1, 0.15) is 0 Å². The highest BCUT2D eigenvalue weighted by Crippen LogP contribution is 2.25. The zero-order chi connectivity index (χ0) is 22.6. The average molecular weight is 485 g/mol. The third-order valence-electron chi connectivity index (χ3n) is 4.00. The first kappa shape index (κ1) is 24.9. The maximum absolute atomic E-state index is 12.4. The molecular formula is C20H22Cl2N4O4S. The zero-order valence-corrected chi connectivity index (χ0v) is 19.1. The number of aromatic nitrogens is 2. The molecule has 1 aromatic carbocycles. The van der Waals surface area contributed by atoms with Crippen LogP contribution in [0.15, 0.2) is 35.6 Å². The van der Waals surface area contributed by atoms with Gasteiger partial charge in [0, 0.05) is 30.3 Å². The van der Waals surface area contributed by atoms with Gasteiger partial charge in [-0.2, -0.15) is 0 Å². The minimum Gasteiger partial charge on any atom is -0.469 e. The van der Waals surface area contributed by atoms with Gasteiger partial charge in [0.2, 0.25) is 5.91 Å². The van der Waals surface area contributed by atoms with Crippen LogP contribution in [0.4, 0.5) is 0 Å². The van der Waals surface area contributed by atoms with Crippen molar-refractivity contribution in [1.29, 1.82) is 0 Å². The number of rotatable bonds is 11. The summed E-state index contributed by atoms with van der Waals surface area (Å²) >= 11 is 13.6. The van der Waals surface area contributed by atoms with Gasteiger partial charge in [-0.25, -0.2) is 9.97 Å². The molecule has 1 heterocycles. The van der Waals surface area contributed by atoms with Gasteiger partial charge in [-0.1, -0.05) is 53.2 Å². The molecule has 2 amide bonds. The van der Waals surface area contributed by atoms with E-state index < -0.39 is 11.9 Å². The predicted octanol–water partition coefficient (Wildman–Crippen LogP) is 3.27. The SMILES string of the molecule is COC(=O)CCNC(=O)CCCNC(=O)c1nc(SCc2ccccc2Cl)ncc1Cl. The first-order valence-electron chi connectivity index (χ1n) is 9.41. The molecule has 2 rings (SSSR count). The molecule has 0 radical (unpaired) electrons. The maximum atomic E-state index is 12.4. The van der Waals surface area contributed by atoms with Gasteiger partial charge < -0.3 is 15.4 Å². The second kappa shape index (κ2) is 13.1. The molecule has 0 unspecified atom stereocenters. The molecule has 0 aliphatic rings. The lowest BCUT2D eigenvalue weighted by Gasteiger charge is -2.08. The number of hydrogen-bond acceptors (Lipinski definition) is 7. The number of esters is 1. The lowest BCUT2D eigenvalue weighted by Crippen LogP contribution is -2.29. The van der Waals surface area contributed by atoms with Crippen molar-refractivity contribution in [2.45, 2.75) is 30.2 Å². The van der Waals surface area contributed by atoms with Crippen LogP contribution in [0, 0.1) is 0 Å². The number of carbonyl (C=O) groups is 3. The van der Waals surface area contributed by atoms with Gasteiger partial charge >= 0.3 is 5.97 Å². The fourth-order valence-electron chi connectivity index (χ4n) is 2.37. The fraction of sp³-hybridized carbons (Fsp3) is 0.350. The van der Waals surface area contributed by atoms with E-state index >= 15 is 0 Å². The lowest BCUT2D eigenvalue weighted by atomic mass is 10.2. The van der Waals surface area contributed by atoms with Crippen molar-refractivity contribution in [3.05, 3.63) is 51.8 Å². The Kier molecular flexibility index (Phi) is 10.6. The highest BCUT2D eigenvalue weighted by molar-refractivity contribution is 7.98. The summed E-state index contributed by atoms with van der Waals surface area (Å²) in [5.74, 6) is -0.499. The third kappa shape index (κ3) is 8.72. The van der Waals surface area contributed by atoms with E-state index in [4.69, 9.17) is 23.2 Å². The summed E-state index contributed by atoms with van der Waals surface area (Å²) in [5, 5.41) is 6.49. The summed E-state index contributed by atoms with van der Waals surface area (Å²) in [6.45, 7) is 0.481. The van der Waals surface area contributed by atoms with E-state index in [9.17, 15) is 14.4 Å². The van der Waals surface area contributed by atoms with E-state index in [1.165, 1.54) is 25.1 Å². The van der Waals surface area contributed by atoms with E-state index in [1.54, 1.807) is 6.07 Å². The van der Waals surface area contributed by atoms with Crippen LogP contribution in [0.25, 0.3) is 0 Å². The molecule has 0 atom stereocenters.